The highest BCUT2D eigenvalue weighted by Crippen LogP contribution is 1.95. The van der Waals surface area contributed by atoms with Gasteiger partial charge in [0.2, 0.25) is 0 Å². The van der Waals surface area contributed by atoms with Gasteiger partial charge in [0.25, 0.3) is 0 Å². The number of terminal acetylenes is 1. The minimum Gasteiger partial charge on any atom is -0.298 e. The predicted octanol–water partition coefficient (Wildman–Crippen LogP) is 1.29. The summed E-state index contributed by atoms with van der Waals surface area (Å²) in [6, 6.07) is 0.123. The highest BCUT2D eigenvalue weighted by molar-refractivity contribution is 5.03. The number of aryl methyl sites for hydroxylation is 1. The van der Waals surface area contributed by atoms with Gasteiger partial charge >= 0.3 is 0 Å². The average molecular weight is 189 g/mol. The monoisotopic (exact) mass is 189 g/mol. The summed E-state index contributed by atoms with van der Waals surface area (Å²) in [7, 11) is 0. The molecule has 3 nitrogen and oxygen atoms in total. The van der Waals surface area contributed by atoms with E-state index in [-0.39, 0.29) is 6.04 Å². The molecule has 1 aromatic rings. The van der Waals surface area contributed by atoms with Crippen molar-refractivity contribution in [3.8, 4) is 12.3 Å². The first-order valence-corrected chi connectivity index (χ1v) is 4.73. The Balaban J connectivity index is 2.46. The van der Waals surface area contributed by atoms with Crippen LogP contribution in [-0.2, 0) is 6.54 Å². The quantitative estimate of drug-likeness (QED) is 0.725. The Hall–Kier alpha value is -1.40. The van der Waals surface area contributed by atoms with Crippen molar-refractivity contribution in [3.05, 3.63) is 23.8 Å². The van der Waals surface area contributed by atoms with Gasteiger partial charge in [0, 0.05) is 18.9 Å². The molecule has 0 saturated carbocycles. The number of rotatable bonds is 4. The van der Waals surface area contributed by atoms with E-state index in [1.807, 2.05) is 6.92 Å². The van der Waals surface area contributed by atoms with Crippen LogP contribution in [0.1, 0.15) is 24.7 Å². The van der Waals surface area contributed by atoms with Gasteiger partial charge in [0.1, 0.15) is 0 Å². The molecule has 0 amide bonds. The van der Waals surface area contributed by atoms with Gasteiger partial charge in [-0.2, -0.15) is 0 Å². The lowest BCUT2D eigenvalue weighted by Gasteiger charge is -2.09. The third-order valence-electron chi connectivity index (χ3n) is 1.97. The van der Waals surface area contributed by atoms with Crippen molar-refractivity contribution >= 4 is 0 Å². The molecule has 1 N–H and O–H groups in total. The van der Waals surface area contributed by atoms with Crippen molar-refractivity contribution in [3.63, 3.8) is 0 Å². The van der Waals surface area contributed by atoms with Gasteiger partial charge in [-0.1, -0.05) is 12.8 Å². The van der Waals surface area contributed by atoms with Crippen molar-refractivity contribution < 1.29 is 0 Å². The smallest absolute Gasteiger partial charge is 0.0725 e. The Morgan fingerprint density at radius 3 is 2.79 bits per heavy atom. The summed E-state index contributed by atoms with van der Waals surface area (Å²) in [6.07, 6.45) is 9.78. The molecule has 1 unspecified atom stereocenters. The fourth-order valence-corrected chi connectivity index (χ4v) is 1.06. The lowest BCUT2D eigenvalue weighted by atomic mass is 10.2. The van der Waals surface area contributed by atoms with E-state index in [9.17, 15) is 0 Å². The van der Waals surface area contributed by atoms with E-state index >= 15 is 0 Å². The van der Waals surface area contributed by atoms with Crippen LogP contribution in [0.3, 0.4) is 0 Å². The van der Waals surface area contributed by atoms with Crippen molar-refractivity contribution in [1.29, 1.82) is 0 Å². The maximum absolute atomic E-state index is 5.32. The average Bonchev–Trinajstić information content (AvgIpc) is 2.22. The van der Waals surface area contributed by atoms with E-state index in [4.69, 9.17) is 6.42 Å². The van der Waals surface area contributed by atoms with E-state index in [1.165, 1.54) is 0 Å². The molecule has 14 heavy (non-hydrogen) atoms. The summed E-state index contributed by atoms with van der Waals surface area (Å²) in [5.74, 6) is 2.67. The minimum atomic E-state index is 0.123. The van der Waals surface area contributed by atoms with Crippen LogP contribution in [0.5, 0.6) is 0 Å². The molecule has 0 radical (unpaired) electrons. The first-order valence-electron chi connectivity index (χ1n) is 4.73. The van der Waals surface area contributed by atoms with Gasteiger partial charge in [-0.05, 0) is 13.3 Å². The summed E-state index contributed by atoms with van der Waals surface area (Å²) in [5.41, 5.74) is 1.85. The SMILES string of the molecule is C#CC(CC)NCc1cnc(C)cn1. The summed E-state index contributed by atoms with van der Waals surface area (Å²) in [6.45, 7) is 4.65. The Morgan fingerprint density at radius 1 is 1.50 bits per heavy atom. The van der Waals surface area contributed by atoms with Gasteiger partial charge in [0.05, 0.1) is 17.4 Å². The summed E-state index contributed by atoms with van der Waals surface area (Å²) in [5, 5.41) is 3.22. The van der Waals surface area contributed by atoms with Crippen molar-refractivity contribution in [2.24, 2.45) is 0 Å². The molecule has 0 fully saturated rings. The van der Waals surface area contributed by atoms with Crippen LogP contribution in [-0.4, -0.2) is 16.0 Å². The molecule has 0 spiro atoms. The molecule has 0 bridgehead atoms. The Morgan fingerprint density at radius 2 is 2.29 bits per heavy atom. The minimum absolute atomic E-state index is 0.123. The van der Waals surface area contributed by atoms with Gasteiger partial charge in [0.15, 0.2) is 0 Å². The second-order valence-electron chi connectivity index (χ2n) is 3.16. The largest absolute Gasteiger partial charge is 0.298 e. The van der Waals surface area contributed by atoms with Crippen molar-refractivity contribution in [1.82, 2.24) is 15.3 Å². The summed E-state index contributed by atoms with van der Waals surface area (Å²) < 4.78 is 0. The standard InChI is InChI=1S/C11H15N3/c1-4-10(5-2)14-8-11-7-12-9(3)6-13-11/h1,6-7,10,14H,5,8H2,2-3H3. The van der Waals surface area contributed by atoms with E-state index in [0.717, 1.165) is 17.8 Å². The van der Waals surface area contributed by atoms with Crippen LogP contribution < -0.4 is 5.32 Å². The zero-order chi connectivity index (χ0) is 10.4. The van der Waals surface area contributed by atoms with E-state index in [0.29, 0.717) is 6.54 Å². The van der Waals surface area contributed by atoms with E-state index in [2.05, 4.69) is 28.1 Å². The number of nitrogens with zero attached hydrogens (tertiary/aromatic N) is 2. The van der Waals surface area contributed by atoms with Gasteiger partial charge in [-0.3, -0.25) is 15.3 Å². The molecular weight excluding hydrogens is 174 g/mol. The zero-order valence-electron chi connectivity index (χ0n) is 8.62. The van der Waals surface area contributed by atoms with Crippen molar-refractivity contribution in [2.75, 3.05) is 0 Å². The van der Waals surface area contributed by atoms with Gasteiger partial charge < -0.3 is 0 Å². The zero-order valence-corrected chi connectivity index (χ0v) is 8.62. The molecule has 74 valence electrons. The first kappa shape index (κ1) is 10.7. The molecule has 0 saturated heterocycles. The second-order valence-corrected chi connectivity index (χ2v) is 3.16. The summed E-state index contributed by atoms with van der Waals surface area (Å²) in [4.78, 5) is 8.38. The van der Waals surface area contributed by atoms with Gasteiger partial charge in [-0.15, -0.1) is 6.42 Å². The molecule has 0 aliphatic carbocycles. The molecule has 0 aliphatic rings. The van der Waals surface area contributed by atoms with Crippen LogP contribution in [0.15, 0.2) is 12.4 Å². The molecule has 1 atom stereocenters. The molecule has 1 heterocycles. The third kappa shape index (κ3) is 3.15. The van der Waals surface area contributed by atoms with Crippen LogP contribution in [0.4, 0.5) is 0 Å². The molecule has 1 rings (SSSR count). The first-order chi connectivity index (χ1) is 6.76. The molecule has 0 aliphatic heterocycles. The van der Waals surface area contributed by atoms with Crippen LogP contribution in [0.25, 0.3) is 0 Å². The normalized spacial score (nSPS) is 12.1. The topological polar surface area (TPSA) is 37.8 Å². The maximum Gasteiger partial charge on any atom is 0.0725 e. The lowest BCUT2D eigenvalue weighted by Crippen LogP contribution is -2.26. The molecule has 1 aromatic heterocycles. The second kappa shape index (κ2) is 5.36. The number of nitrogens with one attached hydrogen (secondary N) is 1. The highest BCUT2D eigenvalue weighted by atomic mass is 14.9. The Kier molecular flexibility index (Phi) is 4.09. The van der Waals surface area contributed by atoms with Crippen LogP contribution in [0, 0.1) is 19.3 Å². The highest BCUT2D eigenvalue weighted by Gasteiger charge is 2.01. The fraction of sp³-hybridized carbons (Fsp3) is 0.455. The molecule has 3 heteroatoms. The number of aromatic nitrogens is 2. The Bertz CT molecular complexity index is 310. The number of hydrogen-bond acceptors (Lipinski definition) is 3. The predicted molar refractivity (Wildman–Crippen MR) is 56.5 cm³/mol. The lowest BCUT2D eigenvalue weighted by molar-refractivity contribution is 0.584. The number of hydrogen-bond donors (Lipinski definition) is 1. The Labute approximate surface area is 85.0 Å². The van der Waals surface area contributed by atoms with Crippen LogP contribution in [0.2, 0.25) is 0 Å². The maximum atomic E-state index is 5.32. The molecular formula is C11H15N3. The van der Waals surface area contributed by atoms with Crippen LogP contribution >= 0.6 is 0 Å². The van der Waals surface area contributed by atoms with E-state index in [1.54, 1.807) is 12.4 Å². The van der Waals surface area contributed by atoms with Crippen molar-refractivity contribution in [2.45, 2.75) is 32.9 Å². The molecule has 0 aromatic carbocycles. The fourth-order valence-electron chi connectivity index (χ4n) is 1.06. The van der Waals surface area contributed by atoms with Gasteiger partial charge in [-0.25, -0.2) is 0 Å². The third-order valence-corrected chi connectivity index (χ3v) is 1.97. The summed E-state index contributed by atoms with van der Waals surface area (Å²) >= 11 is 0. The van der Waals surface area contributed by atoms with E-state index < -0.39 is 0 Å².